The average molecular weight is 301 g/mol. The zero-order valence-electron chi connectivity index (χ0n) is 14.0. The van der Waals surface area contributed by atoms with E-state index in [1.807, 2.05) is 18.2 Å². The summed E-state index contributed by atoms with van der Waals surface area (Å²) < 4.78 is 4.98. The van der Waals surface area contributed by atoms with Gasteiger partial charge in [0.2, 0.25) is 0 Å². The van der Waals surface area contributed by atoms with Crippen molar-refractivity contribution in [2.45, 2.75) is 64.5 Å². The topological polar surface area (TPSA) is 29.5 Å². The Morgan fingerprint density at radius 3 is 2.55 bits per heavy atom. The van der Waals surface area contributed by atoms with Gasteiger partial charge in [-0.25, -0.2) is 4.79 Å². The number of benzene rings is 1. The van der Waals surface area contributed by atoms with Crippen molar-refractivity contribution < 1.29 is 9.53 Å². The van der Waals surface area contributed by atoms with Gasteiger partial charge in [-0.2, -0.15) is 0 Å². The van der Waals surface area contributed by atoms with Crippen LogP contribution >= 0.6 is 0 Å². The van der Waals surface area contributed by atoms with E-state index in [9.17, 15) is 4.79 Å². The maximum Gasteiger partial charge on any atom is 0.339 e. The molecule has 2 fully saturated rings. The first-order valence-corrected chi connectivity index (χ1v) is 8.55. The molecule has 3 rings (SSSR count). The number of esters is 1. The molecule has 0 aromatic heterocycles. The SMILES string of the molecule is COC(=O)c1ccccc1N1C(C)CC2(CCCCC2)C1C. The Kier molecular flexibility index (Phi) is 4.16. The molecule has 1 aliphatic carbocycles. The Bertz CT molecular complexity index is 548. The molecule has 2 aliphatic rings. The molecule has 1 saturated carbocycles. The van der Waals surface area contributed by atoms with Crippen molar-refractivity contribution >= 4 is 11.7 Å². The van der Waals surface area contributed by atoms with Gasteiger partial charge in [0.25, 0.3) is 0 Å². The van der Waals surface area contributed by atoms with E-state index < -0.39 is 0 Å². The van der Waals surface area contributed by atoms with Crippen LogP contribution in [0, 0.1) is 5.41 Å². The summed E-state index contributed by atoms with van der Waals surface area (Å²) >= 11 is 0. The van der Waals surface area contributed by atoms with E-state index in [0.29, 0.717) is 23.1 Å². The lowest BCUT2D eigenvalue weighted by Crippen LogP contribution is -2.40. The predicted octanol–water partition coefficient (Wildman–Crippen LogP) is 4.41. The van der Waals surface area contributed by atoms with Crippen molar-refractivity contribution in [3.8, 4) is 0 Å². The van der Waals surface area contributed by atoms with Gasteiger partial charge < -0.3 is 9.64 Å². The van der Waals surface area contributed by atoms with Crippen LogP contribution < -0.4 is 4.90 Å². The minimum Gasteiger partial charge on any atom is -0.465 e. The van der Waals surface area contributed by atoms with Gasteiger partial charge in [-0.3, -0.25) is 0 Å². The van der Waals surface area contributed by atoms with E-state index >= 15 is 0 Å². The maximum atomic E-state index is 12.1. The summed E-state index contributed by atoms with van der Waals surface area (Å²) in [6.45, 7) is 4.65. The highest BCUT2D eigenvalue weighted by Gasteiger charge is 2.49. The normalized spacial score (nSPS) is 27.1. The summed E-state index contributed by atoms with van der Waals surface area (Å²) in [6, 6.07) is 8.84. The zero-order chi connectivity index (χ0) is 15.7. The van der Waals surface area contributed by atoms with Crippen molar-refractivity contribution in [2.75, 3.05) is 12.0 Å². The van der Waals surface area contributed by atoms with Crippen molar-refractivity contribution in [3.63, 3.8) is 0 Å². The first-order valence-electron chi connectivity index (χ1n) is 8.55. The Labute approximate surface area is 133 Å². The second kappa shape index (κ2) is 5.94. The third-order valence-corrected chi connectivity index (χ3v) is 5.92. The number of anilines is 1. The average Bonchev–Trinajstić information content (AvgIpc) is 2.77. The number of carbonyl (C=O) groups excluding carboxylic acids is 1. The fourth-order valence-electron chi connectivity index (χ4n) is 4.84. The van der Waals surface area contributed by atoms with E-state index in [1.165, 1.54) is 45.6 Å². The molecule has 0 bridgehead atoms. The fourth-order valence-corrected chi connectivity index (χ4v) is 4.84. The molecule has 0 amide bonds. The van der Waals surface area contributed by atoms with Crippen LogP contribution in [0.25, 0.3) is 0 Å². The van der Waals surface area contributed by atoms with Crippen LogP contribution in [-0.4, -0.2) is 25.2 Å². The smallest absolute Gasteiger partial charge is 0.339 e. The Hall–Kier alpha value is -1.51. The van der Waals surface area contributed by atoms with Gasteiger partial charge in [-0.05, 0) is 50.7 Å². The molecule has 2 unspecified atom stereocenters. The molecule has 120 valence electrons. The summed E-state index contributed by atoms with van der Waals surface area (Å²) in [5.74, 6) is -0.236. The molecule has 1 aromatic carbocycles. The van der Waals surface area contributed by atoms with E-state index in [-0.39, 0.29) is 5.97 Å². The molecule has 1 aliphatic heterocycles. The molecule has 0 radical (unpaired) electrons. The van der Waals surface area contributed by atoms with Crippen molar-refractivity contribution in [3.05, 3.63) is 29.8 Å². The Morgan fingerprint density at radius 2 is 1.86 bits per heavy atom. The molecule has 3 heteroatoms. The predicted molar refractivity (Wildman–Crippen MR) is 89.3 cm³/mol. The molecular weight excluding hydrogens is 274 g/mol. The minimum absolute atomic E-state index is 0.236. The number of methoxy groups -OCH3 is 1. The largest absolute Gasteiger partial charge is 0.465 e. The molecule has 2 atom stereocenters. The quantitative estimate of drug-likeness (QED) is 0.758. The number of hydrogen-bond donors (Lipinski definition) is 0. The highest BCUT2D eigenvalue weighted by Crippen LogP contribution is 2.52. The molecule has 1 heterocycles. The first-order chi connectivity index (χ1) is 10.6. The van der Waals surface area contributed by atoms with Crippen molar-refractivity contribution in [2.24, 2.45) is 5.41 Å². The summed E-state index contributed by atoms with van der Waals surface area (Å²) in [4.78, 5) is 14.6. The second-order valence-electron chi connectivity index (χ2n) is 7.07. The van der Waals surface area contributed by atoms with Crippen LogP contribution in [0.4, 0.5) is 5.69 Å². The number of hydrogen-bond acceptors (Lipinski definition) is 3. The molecule has 0 N–H and O–H groups in total. The van der Waals surface area contributed by atoms with Gasteiger partial charge in [0.15, 0.2) is 0 Å². The molecule has 1 spiro atoms. The molecule has 3 nitrogen and oxygen atoms in total. The molecule has 1 aromatic rings. The van der Waals surface area contributed by atoms with Crippen LogP contribution in [-0.2, 0) is 4.74 Å². The van der Waals surface area contributed by atoms with Crippen LogP contribution in [0.2, 0.25) is 0 Å². The number of para-hydroxylation sites is 1. The van der Waals surface area contributed by atoms with E-state index in [4.69, 9.17) is 4.74 Å². The second-order valence-corrected chi connectivity index (χ2v) is 7.07. The van der Waals surface area contributed by atoms with Crippen LogP contribution in [0.15, 0.2) is 24.3 Å². The van der Waals surface area contributed by atoms with Gasteiger partial charge in [0, 0.05) is 12.1 Å². The van der Waals surface area contributed by atoms with Gasteiger partial charge in [-0.1, -0.05) is 31.4 Å². The monoisotopic (exact) mass is 301 g/mol. The minimum atomic E-state index is -0.236. The van der Waals surface area contributed by atoms with Crippen LogP contribution in [0.1, 0.15) is 62.7 Å². The first kappa shape index (κ1) is 15.4. The maximum absolute atomic E-state index is 12.1. The van der Waals surface area contributed by atoms with Gasteiger partial charge in [0.1, 0.15) is 0 Å². The van der Waals surface area contributed by atoms with E-state index in [2.05, 4.69) is 24.8 Å². The van der Waals surface area contributed by atoms with Crippen molar-refractivity contribution in [1.82, 2.24) is 0 Å². The van der Waals surface area contributed by atoms with Crippen molar-refractivity contribution in [1.29, 1.82) is 0 Å². The van der Waals surface area contributed by atoms with Gasteiger partial charge in [0.05, 0.1) is 18.4 Å². The summed E-state index contributed by atoms with van der Waals surface area (Å²) in [5, 5.41) is 0. The number of ether oxygens (including phenoxy) is 1. The fraction of sp³-hybridized carbons (Fsp3) is 0.632. The Balaban J connectivity index is 1.97. The lowest BCUT2D eigenvalue weighted by Gasteiger charge is -2.40. The molecule has 22 heavy (non-hydrogen) atoms. The molecule has 1 saturated heterocycles. The van der Waals surface area contributed by atoms with Crippen LogP contribution in [0.3, 0.4) is 0 Å². The summed E-state index contributed by atoms with van der Waals surface area (Å²) in [7, 11) is 1.46. The lowest BCUT2D eigenvalue weighted by atomic mass is 9.69. The summed E-state index contributed by atoms with van der Waals surface area (Å²) in [5.41, 5.74) is 2.16. The highest BCUT2D eigenvalue weighted by molar-refractivity contribution is 5.96. The zero-order valence-corrected chi connectivity index (χ0v) is 14.0. The van der Waals surface area contributed by atoms with Gasteiger partial charge >= 0.3 is 5.97 Å². The van der Waals surface area contributed by atoms with E-state index in [1.54, 1.807) is 0 Å². The Morgan fingerprint density at radius 1 is 1.18 bits per heavy atom. The third kappa shape index (κ3) is 2.41. The lowest BCUT2D eigenvalue weighted by molar-refractivity contribution is 0.0601. The number of rotatable bonds is 2. The van der Waals surface area contributed by atoms with Crippen LogP contribution in [0.5, 0.6) is 0 Å². The number of carbonyl (C=O) groups is 1. The molecular formula is C19H27NO2. The highest BCUT2D eigenvalue weighted by atomic mass is 16.5. The van der Waals surface area contributed by atoms with Gasteiger partial charge in [-0.15, -0.1) is 0 Å². The third-order valence-electron chi connectivity index (χ3n) is 5.92. The standard InChI is InChI=1S/C19H27NO2/c1-14-13-19(11-7-4-8-12-19)15(2)20(14)17-10-6-5-9-16(17)18(21)22-3/h5-6,9-10,14-15H,4,7-8,11-13H2,1-3H3. The van der Waals surface area contributed by atoms with E-state index in [0.717, 1.165) is 5.69 Å². The number of nitrogens with zero attached hydrogens (tertiary/aromatic N) is 1. The summed E-state index contributed by atoms with van der Waals surface area (Å²) in [6.07, 6.45) is 7.98.